The van der Waals surface area contributed by atoms with Gasteiger partial charge in [0.25, 0.3) is 0 Å². The molecule has 0 aliphatic rings. The van der Waals surface area contributed by atoms with Gasteiger partial charge in [-0.2, -0.15) is 0 Å². The molecule has 0 spiro atoms. The van der Waals surface area contributed by atoms with E-state index in [1.807, 2.05) is 5.32 Å². The number of hydrogen-bond acceptors (Lipinski definition) is 14. The molecule has 0 radical (unpaired) electrons. The summed E-state index contributed by atoms with van der Waals surface area (Å²) in [5.74, 6) is -13.2. The van der Waals surface area contributed by atoms with Crippen molar-refractivity contribution in [3.8, 4) is 0 Å². The molecule has 0 saturated carbocycles. The number of carboxylic acid groups (broad SMARTS) is 2. The molecule has 0 rings (SSSR count). The summed E-state index contributed by atoms with van der Waals surface area (Å²) in [5, 5.41) is 41.5. The lowest BCUT2D eigenvalue weighted by atomic mass is 10.2. The van der Waals surface area contributed by atoms with Crippen molar-refractivity contribution in [2.75, 3.05) is 39.3 Å². The van der Waals surface area contributed by atoms with Gasteiger partial charge in [0.2, 0.25) is 70.9 Å². The Morgan fingerprint density at radius 3 is 1.12 bits per heavy atom. The average Bonchev–Trinajstić information content (AvgIpc) is 3.14. The Balaban J connectivity index is 4.51. The largest absolute Gasteiger partial charge is 0.481 e. The molecular weight excluding hydrogens is 796 g/mol. The molecule has 0 fully saturated rings. The van der Waals surface area contributed by atoms with Gasteiger partial charge in [-0.05, 0) is 20.8 Å². The van der Waals surface area contributed by atoms with Crippen LogP contribution < -0.4 is 64.2 Å². The third-order valence-corrected chi connectivity index (χ3v) is 7.04. The molecule has 28 heteroatoms. The first-order chi connectivity index (χ1) is 27.4. The summed E-state index contributed by atoms with van der Waals surface area (Å²) in [5.41, 5.74) is 5.00. The smallest absolute Gasteiger partial charge is 0.305 e. The van der Waals surface area contributed by atoms with Gasteiger partial charge >= 0.3 is 11.9 Å². The van der Waals surface area contributed by atoms with Crippen LogP contribution >= 0.6 is 0 Å². The average molecular weight is 845 g/mol. The number of carbonyl (C=O) groups excluding carboxylic acids is 12. The van der Waals surface area contributed by atoms with Gasteiger partial charge in [0.15, 0.2) is 0 Å². The van der Waals surface area contributed by atoms with Gasteiger partial charge in [-0.3, -0.25) is 67.1 Å². The second kappa shape index (κ2) is 26.4. The molecule has 5 atom stereocenters. The predicted octanol–water partition coefficient (Wildman–Crippen LogP) is -9.38. The minimum absolute atomic E-state index is 0.635. The van der Waals surface area contributed by atoms with Crippen LogP contribution in [-0.4, -0.2) is 163 Å². The van der Waals surface area contributed by atoms with E-state index in [9.17, 15) is 67.1 Å². The zero-order chi connectivity index (χ0) is 45.4. The Hall–Kier alpha value is -7.42. The van der Waals surface area contributed by atoms with Crippen LogP contribution in [0, 0.1) is 0 Å². The maximum absolute atomic E-state index is 12.5. The summed E-state index contributed by atoms with van der Waals surface area (Å²) in [6.45, 7) is 0.942. The molecule has 0 aliphatic carbocycles. The fraction of sp³-hybridized carbons (Fsp3) is 0.548. The van der Waals surface area contributed by atoms with E-state index in [0.29, 0.717) is 0 Å². The topological polar surface area (TPSA) is 438 Å². The fourth-order valence-corrected chi connectivity index (χ4v) is 4.01. The summed E-state index contributed by atoms with van der Waals surface area (Å²) >= 11 is 0. The highest BCUT2D eigenvalue weighted by atomic mass is 16.4. The normalized spacial score (nSPS) is 12.7. The Bertz CT molecular complexity index is 1640. The van der Waals surface area contributed by atoms with Crippen molar-refractivity contribution in [2.45, 2.75) is 70.7 Å². The molecular formula is C31H48N12O16. The number of primary amides is 1. The molecule has 0 saturated heterocycles. The molecule has 0 heterocycles. The Labute approximate surface area is 334 Å². The molecule has 12 amide bonds. The number of hydrogen-bond donors (Lipinski definition) is 14. The van der Waals surface area contributed by atoms with Crippen LogP contribution in [0.5, 0.6) is 0 Å². The fourth-order valence-electron chi connectivity index (χ4n) is 4.01. The first-order valence-electron chi connectivity index (χ1n) is 17.2. The molecule has 0 aromatic carbocycles. The lowest BCUT2D eigenvalue weighted by Gasteiger charge is -2.20. The quantitative estimate of drug-likeness (QED) is 0.0384. The Morgan fingerprint density at radius 2 is 0.729 bits per heavy atom. The number of rotatable bonds is 26. The van der Waals surface area contributed by atoms with Crippen molar-refractivity contribution in [1.29, 1.82) is 0 Å². The summed E-state index contributed by atoms with van der Waals surface area (Å²) in [7, 11) is 0. The maximum Gasteiger partial charge on any atom is 0.305 e. The highest BCUT2D eigenvalue weighted by Crippen LogP contribution is 1.94. The summed E-state index contributed by atoms with van der Waals surface area (Å²) in [6, 6.07) is -6.64. The van der Waals surface area contributed by atoms with E-state index in [-0.39, 0.29) is 0 Å². The van der Waals surface area contributed by atoms with Gasteiger partial charge in [-0.15, -0.1) is 0 Å². The van der Waals surface area contributed by atoms with Crippen molar-refractivity contribution in [1.82, 2.24) is 58.5 Å². The zero-order valence-electron chi connectivity index (χ0n) is 32.2. The first-order valence-corrected chi connectivity index (χ1v) is 17.2. The molecule has 15 N–H and O–H groups in total. The van der Waals surface area contributed by atoms with Crippen molar-refractivity contribution < 1.29 is 77.3 Å². The lowest BCUT2D eigenvalue weighted by Crippen LogP contribution is -2.55. The van der Waals surface area contributed by atoms with Crippen molar-refractivity contribution in [3.63, 3.8) is 0 Å². The number of aliphatic carboxylic acids is 2. The standard InChI is InChI=1S/C31H48N12O16/c1-13(28(56)37-9-21(47)33-8-20(46)36-12-24(50)43-17(27(32)55)5-25(51)52)40-30(58)15(3)41-29(57)14(2)39-23(49)11-35-19(45)7-34-22(48)10-38-31(59)18(6-26(53)54)42-16(4)44/h13-15,17-18H,5-12H2,1-4H3,(H2,32,55)(H,33,47)(H,34,48)(H,35,45)(H,36,46)(H,37,56)(H,38,59)(H,39,49)(H,40,58)(H,41,57)(H,42,44)(H,43,50)(H,51,52)(H,53,54)/t13-,14-,15-,17-,18-/m0/s1. The number of carboxylic acids is 2. The number of nitrogens with two attached hydrogens (primary N) is 1. The van der Waals surface area contributed by atoms with Crippen molar-refractivity contribution in [2.24, 2.45) is 5.73 Å². The molecule has 0 bridgehead atoms. The SMILES string of the molecule is CC(=O)N[C@@H](CC(=O)O)C(=O)NCC(=O)NCC(=O)NCC(=O)N[C@@H](C)C(=O)N[C@@H](C)C(=O)N[C@@H](C)C(=O)NCC(=O)NCC(=O)NCC(=O)N[C@@H](CC(=O)O)C(N)=O. The van der Waals surface area contributed by atoms with Crippen LogP contribution in [0.1, 0.15) is 40.5 Å². The van der Waals surface area contributed by atoms with Crippen LogP contribution in [0.2, 0.25) is 0 Å². The number of amides is 12. The molecule has 59 heavy (non-hydrogen) atoms. The Morgan fingerprint density at radius 1 is 0.407 bits per heavy atom. The highest BCUT2D eigenvalue weighted by molar-refractivity contribution is 5.97. The van der Waals surface area contributed by atoms with Gasteiger partial charge in [0.05, 0.1) is 52.1 Å². The summed E-state index contributed by atoms with van der Waals surface area (Å²) < 4.78 is 0. The van der Waals surface area contributed by atoms with Crippen LogP contribution in [-0.2, 0) is 67.1 Å². The third-order valence-electron chi connectivity index (χ3n) is 7.04. The summed E-state index contributed by atoms with van der Waals surface area (Å²) in [6.07, 6.45) is -1.52. The minimum atomic E-state index is -1.51. The molecule has 0 aromatic heterocycles. The summed E-state index contributed by atoms with van der Waals surface area (Å²) in [4.78, 5) is 165. The highest BCUT2D eigenvalue weighted by Gasteiger charge is 2.26. The second-order valence-electron chi connectivity index (χ2n) is 12.3. The minimum Gasteiger partial charge on any atom is -0.481 e. The van der Waals surface area contributed by atoms with E-state index in [0.717, 1.165) is 6.92 Å². The van der Waals surface area contributed by atoms with Gasteiger partial charge < -0.3 is 74.4 Å². The monoisotopic (exact) mass is 844 g/mol. The van der Waals surface area contributed by atoms with Gasteiger partial charge in [0.1, 0.15) is 30.2 Å². The second-order valence-corrected chi connectivity index (χ2v) is 12.3. The van der Waals surface area contributed by atoms with Gasteiger partial charge in [-0.25, -0.2) is 0 Å². The van der Waals surface area contributed by atoms with Crippen molar-refractivity contribution >= 4 is 82.8 Å². The number of carbonyl (C=O) groups is 14. The van der Waals surface area contributed by atoms with Crippen molar-refractivity contribution in [3.05, 3.63) is 0 Å². The van der Waals surface area contributed by atoms with E-state index >= 15 is 0 Å². The van der Waals surface area contributed by atoms with Crippen LogP contribution in [0.25, 0.3) is 0 Å². The Kier molecular flexibility index (Phi) is 23.1. The van der Waals surface area contributed by atoms with E-state index in [4.69, 9.17) is 15.9 Å². The molecule has 0 unspecified atom stereocenters. The van der Waals surface area contributed by atoms with E-state index < -0.39 is 165 Å². The first kappa shape index (κ1) is 51.6. The van der Waals surface area contributed by atoms with Gasteiger partial charge in [-0.1, -0.05) is 0 Å². The molecule has 28 nitrogen and oxygen atoms in total. The van der Waals surface area contributed by atoms with E-state index in [1.54, 1.807) is 0 Å². The zero-order valence-corrected chi connectivity index (χ0v) is 32.2. The third kappa shape index (κ3) is 24.0. The van der Waals surface area contributed by atoms with E-state index in [2.05, 4.69) is 53.2 Å². The molecule has 0 aromatic rings. The number of nitrogens with one attached hydrogen (secondary N) is 11. The van der Waals surface area contributed by atoms with Crippen LogP contribution in [0.4, 0.5) is 0 Å². The molecule has 0 aliphatic heterocycles. The van der Waals surface area contributed by atoms with Gasteiger partial charge in [0, 0.05) is 6.92 Å². The van der Waals surface area contributed by atoms with Crippen LogP contribution in [0.3, 0.4) is 0 Å². The van der Waals surface area contributed by atoms with E-state index in [1.165, 1.54) is 20.8 Å². The molecule has 328 valence electrons. The predicted molar refractivity (Wildman–Crippen MR) is 194 cm³/mol. The maximum atomic E-state index is 12.5. The van der Waals surface area contributed by atoms with Crippen LogP contribution in [0.15, 0.2) is 0 Å². The lowest BCUT2D eigenvalue weighted by molar-refractivity contribution is -0.141.